The fraction of sp³-hybridized carbons (Fsp3) is 0.750. The number of nitrogens with zero attached hydrogens (tertiary/aromatic N) is 2. The molecule has 1 atom stereocenters. The van der Waals surface area contributed by atoms with Gasteiger partial charge in [-0.1, -0.05) is 0 Å². The average molecular weight is 250 g/mol. The molecule has 1 heterocycles. The van der Waals surface area contributed by atoms with Crippen LogP contribution in [0.25, 0.3) is 0 Å². The predicted molar refractivity (Wildman–Crippen MR) is 55.2 cm³/mol. The van der Waals surface area contributed by atoms with E-state index in [2.05, 4.69) is 0 Å². The Labute approximate surface area is 93.7 Å². The molecule has 8 heteroatoms. The molecule has 0 aromatic rings. The van der Waals surface area contributed by atoms with E-state index in [1.165, 1.54) is 4.90 Å². The van der Waals surface area contributed by atoms with Crippen LogP contribution in [0.1, 0.15) is 6.92 Å². The summed E-state index contributed by atoms with van der Waals surface area (Å²) in [5, 5.41) is 7.14. The summed E-state index contributed by atoms with van der Waals surface area (Å²) in [6.07, 6.45) is 0. The van der Waals surface area contributed by atoms with Crippen LogP contribution in [0.2, 0.25) is 0 Å². The predicted octanol–water partition coefficient (Wildman–Crippen LogP) is -1.44. The Bertz CT molecular complexity index is 405. The number of carbonyl (C=O) groups excluding carboxylic acids is 1. The molecule has 0 aromatic carbocycles. The van der Waals surface area contributed by atoms with Crippen molar-refractivity contribution in [3.05, 3.63) is 0 Å². The molecule has 1 saturated heterocycles. The van der Waals surface area contributed by atoms with Gasteiger partial charge in [-0.25, -0.2) is 8.42 Å². The first-order valence-corrected chi connectivity index (χ1v) is 6.23. The average Bonchev–Trinajstić information content (AvgIpc) is 2.20. The molecule has 16 heavy (non-hydrogen) atoms. The van der Waals surface area contributed by atoms with Gasteiger partial charge in [0.2, 0.25) is 15.9 Å². The maximum absolute atomic E-state index is 11.8. The van der Waals surface area contributed by atoms with E-state index in [1.807, 2.05) is 0 Å². The Morgan fingerprint density at radius 3 is 2.44 bits per heavy atom. The minimum atomic E-state index is -3.93. The molecular formula is C8H14N2O5S. The van der Waals surface area contributed by atoms with Gasteiger partial charge >= 0.3 is 5.97 Å². The van der Waals surface area contributed by atoms with Gasteiger partial charge in [0.1, 0.15) is 0 Å². The molecule has 0 aromatic heterocycles. The van der Waals surface area contributed by atoms with Crippen molar-refractivity contribution in [2.75, 3.05) is 26.7 Å². The van der Waals surface area contributed by atoms with Gasteiger partial charge in [0.15, 0.2) is 5.25 Å². The van der Waals surface area contributed by atoms with Gasteiger partial charge in [-0.2, -0.15) is 4.31 Å². The second kappa shape index (κ2) is 4.38. The van der Waals surface area contributed by atoms with Crippen molar-refractivity contribution in [3.63, 3.8) is 0 Å². The van der Waals surface area contributed by atoms with Gasteiger partial charge < -0.3 is 10.0 Å². The van der Waals surface area contributed by atoms with Crippen molar-refractivity contribution >= 4 is 21.9 Å². The van der Waals surface area contributed by atoms with Crippen LogP contribution in [0.5, 0.6) is 0 Å². The summed E-state index contributed by atoms with van der Waals surface area (Å²) < 4.78 is 24.4. The maximum Gasteiger partial charge on any atom is 0.323 e. The lowest BCUT2D eigenvalue weighted by Crippen LogP contribution is -2.53. The molecule has 1 amide bonds. The largest absolute Gasteiger partial charge is 0.480 e. The number of aliphatic carboxylic acids is 1. The van der Waals surface area contributed by atoms with Crippen LogP contribution in [0, 0.1) is 0 Å². The van der Waals surface area contributed by atoms with Crippen molar-refractivity contribution < 1.29 is 23.1 Å². The zero-order valence-corrected chi connectivity index (χ0v) is 9.90. The molecule has 0 spiro atoms. The van der Waals surface area contributed by atoms with E-state index in [-0.39, 0.29) is 25.5 Å². The third-order valence-corrected chi connectivity index (χ3v) is 4.70. The number of carboxylic acid groups (broad SMARTS) is 1. The summed E-state index contributed by atoms with van der Waals surface area (Å²) in [5.74, 6) is -1.74. The fourth-order valence-corrected chi connectivity index (χ4v) is 2.63. The van der Waals surface area contributed by atoms with Gasteiger partial charge in [0.05, 0.1) is 6.54 Å². The Hall–Kier alpha value is -1.15. The van der Waals surface area contributed by atoms with E-state index in [9.17, 15) is 18.0 Å². The van der Waals surface area contributed by atoms with Crippen molar-refractivity contribution in [2.24, 2.45) is 0 Å². The van der Waals surface area contributed by atoms with Crippen LogP contribution < -0.4 is 0 Å². The minimum Gasteiger partial charge on any atom is -0.480 e. The first-order chi connectivity index (χ1) is 7.26. The van der Waals surface area contributed by atoms with E-state index < -0.39 is 21.2 Å². The van der Waals surface area contributed by atoms with Crippen molar-refractivity contribution in [2.45, 2.75) is 12.2 Å². The number of hydrogen-bond donors (Lipinski definition) is 1. The number of carbonyl (C=O) groups is 2. The van der Waals surface area contributed by atoms with Crippen molar-refractivity contribution in [1.29, 1.82) is 0 Å². The second-order valence-electron chi connectivity index (χ2n) is 3.67. The van der Waals surface area contributed by atoms with E-state index in [0.717, 1.165) is 11.2 Å². The zero-order chi connectivity index (χ0) is 12.5. The fourth-order valence-electron chi connectivity index (χ4n) is 1.31. The molecule has 0 aliphatic carbocycles. The summed E-state index contributed by atoms with van der Waals surface area (Å²) in [6.45, 7) is 1.24. The number of rotatable bonds is 3. The van der Waals surface area contributed by atoms with Gasteiger partial charge in [-0.05, 0) is 6.92 Å². The molecule has 92 valence electrons. The SMILES string of the molecule is CC(C(=O)O)S(=O)(=O)N1CCN(C)C(=O)C1. The van der Waals surface area contributed by atoms with Gasteiger partial charge in [0.25, 0.3) is 0 Å². The van der Waals surface area contributed by atoms with Crippen LogP contribution >= 0.6 is 0 Å². The highest BCUT2D eigenvalue weighted by atomic mass is 32.2. The topological polar surface area (TPSA) is 95.0 Å². The highest BCUT2D eigenvalue weighted by Crippen LogP contribution is 2.12. The molecule has 7 nitrogen and oxygen atoms in total. The van der Waals surface area contributed by atoms with E-state index in [0.29, 0.717) is 0 Å². The maximum atomic E-state index is 11.8. The quantitative estimate of drug-likeness (QED) is 0.662. The van der Waals surface area contributed by atoms with E-state index >= 15 is 0 Å². The number of piperazine rings is 1. The van der Waals surface area contributed by atoms with Crippen LogP contribution in [-0.4, -0.2) is 66.5 Å². The number of hydrogen-bond acceptors (Lipinski definition) is 4. The van der Waals surface area contributed by atoms with Crippen molar-refractivity contribution in [1.82, 2.24) is 9.21 Å². The molecular weight excluding hydrogens is 236 g/mol. The third kappa shape index (κ3) is 2.33. The normalized spacial score (nSPS) is 20.9. The smallest absolute Gasteiger partial charge is 0.323 e. The van der Waals surface area contributed by atoms with E-state index in [4.69, 9.17) is 5.11 Å². The lowest BCUT2D eigenvalue weighted by molar-refractivity contribution is -0.137. The lowest BCUT2D eigenvalue weighted by atomic mass is 10.4. The standard InChI is InChI=1S/C8H14N2O5S/c1-6(8(12)13)16(14,15)10-4-3-9(2)7(11)5-10/h6H,3-5H2,1-2H3,(H,12,13). The molecule has 0 saturated carbocycles. The molecule has 1 rings (SSSR count). The van der Waals surface area contributed by atoms with Gasteiger partial charge in [-0.15, -0.1) is 0 Å². The summed E-state index contributed by atoms with van der Waals surface area (Å²) in [4.78, 5) is 23.4. The monoisotopic (exact) mass is 250 g/mol. The Morgan fingerprint density at radius 2 is 2.00 bits per heavy atom. The van der Waals surface area contributed by atoms with Gasteiger partial charge in [0, 0.05) is 20.1 Å². The highest BCUT2D eigenvalue weighted by Gasteiger charge is 2.37. The van der Waals surface area contributed by atoms with Crippen LogP contribution in [-0.2, 0) is 19.6 Å². The summed E-state index contributed by atoms with van der Waals surface area (Å²) in [7, 11) is -2.36. The van der Waals surface area contributed by atoms with E-state index in [1.54, 1.807) is 7.05 Å². The number of sulfonamides is 1. The minimum absolute atomic E-state index is 0.141. The molecule has 0 radical (unpaired) electrons. The number of amides is 1. The number of likely N-dealkylation sites (N-methyl/N-ethyl adjacent to an activating group) is 1. The molecule has 1 N–H and O–H groups in total. The summed E-state index contributed by atoms with van der Waals surface area (Å²) in [6, 6.07) is 0. The van der Waals surface area contributed by atoms with Gasteiger partial charge in [-0.3, -0.25) is 9.59 Å². The summed E-state index contributed by atoms with van der Waals surface area (Å²) in [5.41, 5.74) is 0. The highest BCUT2D eigenvalue weighted by molar-refractivity contribution is 7.90. The first-order valence-electron chi connectivity index (χ1n) is 4.72. The Kier molecular flexibility index (Phi) is 3.54. The third-order valence-electron chi connectivity index (χ3n) is 2.58. The zero-order valence-electron chi connectivity index (χ0n) is 9.08. The van der Waals surface area contributed by atoms with Crippen LogP contribution in [0.15, 0.2) is 0 Å². The molecule has 1 aliphatic heterocycles. The lowest BCUT2D eigenvalue weighted by Gasteiger charge is -2.32. The van der Waals surface area contributed by atoms with Crippen LogP contribution in [0.3, 0.4) is 0 Å². The first kappa shape index (κ1) is 12.9. The Balaban J connectivity index is 2.86. The molecule has 1 unspecified atom stereocenters. The van der Waals surface area contributed by atoms with Crippen molar-refractivity contribution in [3.8, 4) is 0 Å². The van der Waals surface area contributed by atoms with Crippen LogP contribution in [0.4, 0.5) is 0 Å². The summed E-state index contributed by atoms with van der Waals surface area (Å²) >= 11 is 0. The number of carboxylic acids is 1. The second-order valence-corrected chi connectivity index (χ2v) is 5.93. The Morgan fingerprint density at radius 1 is 1.44 bits per heavy atom. The molecule has 1 fully saturated rings. The molecule has 1 aliphatic rings. The molecule has 0 bridgehead atoms.